The summed E-state index contributed by atoms with van der Waals surface area (Å²) in [6.07, 6.45) is 2.67. The predicted molar refractivity (Wildman–Crippen MR) is 109 cm³/mol. The second kappa shape index (κ2) is 8.08. The van der Waals surface area contributed by atoms with Gasteiger partial charge in [0.2, 0.25) is 10.0 Å². The molecule has 3 N–H and O–H groups in total. The van der Waals surface area contributed by atoms with Crippen molar-refractivity contribution in [1.82, 2.24) is 25.4 Å². The van der Waals surface area contributed by atoms with Crippen molar-refractivity contribution in [1.29, 1.82) is 0 Å². The van der Waals surface area contributed by atoms with E-state index in [-0.39, 0.29) is 4.90 Å². The molecular weight excluding hydrogens is 388 g/mol. The van der Waals surface area contributed by atoms with Crippen LogP contribution in [-0.2, 0) is 23.0 Å². The molecule has 9 heteroatoms. The molecule has 0 saturated carbocycles. The molecule has 0 amide bonds. The lowest BCUT2D eigenvalue weighted by atomic mass is 10.1. The first kappa shape index (κ1) is 19.2. The Bertz CT molecular complexity index is 1220. The molecule has 0 aliphatic heterocycles. The topological polar surface area (TPSA) is 115 Å². The molecule has 8 nitrogen and oxygen atoms in total. The Morgan fingerprint density at radius 1 is 1.00 bits per heavy atom. The van der Waals surface area contributed by atoms with Crippen LogP contribution in [0.1, 0.15) is 11.1 Å². The number of nitrogens with two attached hydrogens (primary N) is 1. The van der Waals surface area contributed by atoms with Gasteiger partial charge in [0.15, 0.2) is 5.65 Å². The molecule has 0 aliphatic rings. The molecular formula is C20H20N6O2S. The van der Waals surface area contributed by atoms with E-state index in [9.17, 15) is 8.42 Å². The predicted octanol–water partition coefficient (Wildman–Crippen LogP) is 1.77. The first-order valence-electron chi connectivity index (χ1n) is 9.09. The number of primary sulfonamides is 1. The third-order valence-electron chi connectivity index (χ3n) is 4.64. The van der Waals surface area contributed by atoms with E-state index in [1.54, 1.807) is 16.6 Å². The van der Waals surface area contributed by atoms with Gasteiger partial charge in [0, 0.05) is 23.9 Å². The normalized spacial score (nSPS) is 11.8. The molecule has 148 valence electrons. The standard InChI is InChI=1S/C20H20N6O2S/c21-29(27,28)19-8-6-15(7-9-19)10-11-22-13-17-12-18(16-4-2-1-3-5-16)14-26-20(17)23-24-25-26/h1-9,12,14,22H,10-11,13H2,(H2,21,27,28). The third-order valence-corrected chi connectivity index (χ3v) is 5.57. The monoisotopic (exact) mass is 408 g/mol. The van der Waals surface area contributed by atoms with E-state index >= 15 is 0 Å². The van der Waals surface area contributed by atoms with Gasteiger partial charge in [0.1, 0.15) is 0 Å². The summed E-state index contributed by atoms with van der Waals surface area (Å²) in [4.78, 5) is 0.119. The van der Waals surface area contributed by atoms with Crippen LogP contribution in [0.3, 0.4) is 0 Å². The summed E-state index contributed by atoms with van der Waals surface area (Å²) in [6.45, 7) is 1.33. The van der Waals surface area contributed by atoms with Gasteiger partial charge in [0.05, 0.1) is 4.90 Å². The Morgan fingerprint density at radius 3 is 2.48 bits per heavy atom. The Morgan fingerprint density at radius 2 is 1.76 bits per heavy atom. The fourth-order valence-corrected chi connectivity index (χ4v) is 3.65. The van der Waals surface area contributed by atoms with Gasteiger partial charge in [-0.3, -0.25) is 0 Å². The van der Waals surface area contributed by atoms with Crippen molar-refractivity contribution in [3.63, 3.8) is 0 Å². The maximum Gasteiger partial charge on any atom is 0.238 e. The number of rotatable bonds is 7. The molecule has 4 rings (SSSR count). The summed E-state index contributed by atoms with van der Waals surface area (Å²) in [6, 6.07) is 18.8. The van der Waals surface area contributed by atoms with Gasteiger partial charge in [-0.1, -0.05) is 42.5 Å². The van der Waals surface area contributed by atoms with E-state index in [0.717, 1.165) is 40.9 Å². The number of benzene rings is 2. The van der Waals surface area contributed by atoms with Crippen LogP contribution in [0.5, 0.6) is 0 Å². The minimum atomic E-state index is -3.66. The highest BCUT2D eigenvalue weighted by Crippen LogP contribution is 2.21. The second-order valence-electron chi connectivity index (χ2n) is 6.68. The van der Waals surface area contributed by atoms with Crippen LogP contribution in [0.15, 0.2) is 71.8 Å². The zero-order valence-electron chi connectivity index (χ0n) is 15.6. The zero-order chi connectivity index (χ0) is 20.3. The summed E-state index contributed by atoms with van der Waals surface area (Å²) < 4.78 is 24.3. The Hall–Kier alpha value is -3.14. The van der Waals surface area contributed by atoms with Gasteiger partial charge in [0.25, 0.3) is 0 Å². The van der Waals surface area contributed by atoms with Crippen LogP contribution in [0.4, 0.5) is 0 Å². The lowest BCUT2D eigenvalue weighted by Gasteiger charge is -2.09. The summed E-state index contributed by atoms with van der Waals surface area (Å²) in [5.41, 5.74) is 4.88. The van der Waals surface area contributed by atoms with Crippen molar-refractivity contribution in [3.05, 3.63) is 78.0 Å². The summed E-state index contributed by atoms with van der Waals surface area (Å²) in [5.74, 6) is 0. The number of hydrogen-bond donors (Lipinski definition) is 2. The average Bonchev–Trinajstić information content (AvgIpc) is 3.20. The van der Waals surface area contributed by atoms with E-state index in [2.05, 4.69) is 26.9 Å². The summed E-state index contributed by atoms with van der Waals surface area (Å²) in [5, 5.41) is 20.5. The van der Waals surface area contributed by atoms with Crippen LogP contribution >= 0.6 is 0 Å². The van der Waals surface area contributed by atoms with Crippen molar-refractivity contribution >= 4 is 15.7 Å². The van der Waals surface area contributed by atoms with Crippen molar-refractivity contribution in [2.75, 3.05) is 6.54 Å². The average molecular weight is 408 g/mol. The van der Waals surface area contributed by atoms with Gasteiger partial charge in [-0.25, -0.2) is 13.6 Å². The quantitative estimate of drug-likeness (QED) is 0.450. The number of hydrogen-bond acceptors (Lipinski definition) is 6. The molecule has 2 heterocycles. The van der Waals surface area contributed by atoms with E-state index in [1.165, 1.54) is 12.1 Å². The molecule has 4 aromatic rings. The number of aromatic nitrogens is 4. The van der Waals surface area contributed by atoms with Crippen LogP contribution in [0.25, 0.3) is 16.8 Å². The summed E-state index contributed by atoms with van der Waals surface area (Å²) >= 11 is 0. The maximum absolute atomic E-state index is 11.3. The van der Waals surface area contributed by atoms with Gasteiger partial charge < -0.3 is 5.32 Å². The fraction of sp³-hybridized carbons (Fsp3) is 0.150. The van der Waals surface area contributed by atoms with Crippen molar-refractivity contribution in [2.24, 2.45) is 5.14 Å². The summed E-state index contributed by atoms with van der Waals surface area (Å²) in [7, 11) is -3.66. The highest BCUT2D eigenvalue weighted by molar-refractivity contribution is 7.89. The molecule has 29 heavy (non-hydrogen) atoms. The molecule has 0 fully saturated rings. The zero-order valence-corrected chi connectivity index (χ0v) is 16.4. The van der Waals surface area contributed by atoms with Gasteiger partial charge in [-0.05, 0) is 52.7 Å². The van der Waals surface area contributed by atoms with Crippen LogP contribution in [0.2, 0.25) is 0 Å². The van der Waals surface area contributed by atoms with E-state index in [4.69, 9.17) is 5.14 Å². The first-order valence-corrected chi connectivity index (χ1v) is 10.6. The van der Waals surface area contributed by atoms with Gasteiger partial charge in [-0.2, -0.15) is 4.52 Å². The molecule has 0 unspecified atom stereocenters. The molecule has 0 atom stereocenters. The largest absolute Gasteiger partial charge is 0.312 e. The minimum Gasteiger partial charge on any atom is -0.312 e. The highest BCUT2D eigenvalue weighted by atomic mass is 32.2. The number of pyridine rings is 1. The third kappa shape index (κ3) is 4.48. The van der Waals surface area contributed by atoms with Gasteiger partial charge >= 0.3 is 0 Å². The lowest BCUT2D eigenvalue weighted by Crippen LogP contribution is -2.17. The SMILES string of the molecule is NS(=O)(=O)c1ccc(CCNCc2cc(-c3ccccc3)cn3nnnc23)cc1. The van der Waals surface area contributed by atoms with E-state index < -0.39 is 10.0 Å². The van der Waals surface area contributed by atoms with Crippen molar-refractivity contribution < 1.29 is 8.42 Å². The molecule has 0 spiro atoms. The number of fused-ring (bicyclic) bond motifs is 1. The molecule has 0 aliphatic carbocycles. The molecule has 0 radical (unpaired) electrons. The van der Waals surface area contributed by atoms with E-state index in [1.807, 2.05) is 36.5 Å². The first-order chi connectivity index (χ1) is 14.0. The molecule has 0 saturated heterocycles. The Balaban J connectivity index is 1.44. The number of sulfonamides is 1. The highest BCUT2D eigenvalue weighted by Gasteiger charge is 2.09. The molecule has 2 aromatic carbocycles. The molecule has 2 aromatic heterocycles. The van der Waals surface area contributed by atoms with Crippen LogP contribution in [-0.4, -0.2) is 35.0 Å². The van der Waals surface area contributed by atoms with Crippen molar-refractivity contribution in [2.45, 2.75) is 17.9 Å². The van der Waals surface area contributed by atoms with Crippen molar-refractivity contribution in [3.8, 4) is 11.1 Å². The second-order valence-corrected chi connectivity index (χ2v) is 8.24. The van der Waals surface area contributed by atoms with Crippen LogP contribution < -0.4 is 10.5 Å². The Labute approximate surface area is 168 Å². The Kier molecular flexibility index (Phi) is 5.34. The van der Waals surface area contributed by atoms with E-state index in [0.29, 0.717) is 6.54 Å². The lowest BCUT2D eigenvalue weighted by molar-refractivity contribution is 0.597. The number of nitrogens with zero attached hydrogens (tertiary/aromatic N) is 4. The maximum atomic E-state index is 11.3. The van der Waals surface area contributed by atoms with Crippen LogP contribution in [0, 0.1) is 0 Å². The van der Waals surface area contributed by atoms with Gasteiger partial charge in [-0.15, -0.1) is 5.10 Å². The fourth-order valence-electron chi connectivity index (χ4n) is 3.13. The number of nitrogens with one attached hydrogen (secondary N) is 1. The number of tetrazole rings is 1. The minimum absolute atomic E-state index is 0.119. The molecule has 0 bridgehead atoms. The smallest absolute Gasteiger partial charge is 0.238 e.